The summed E-state index contributed by atoms with van der Waals surface area (Å²) in [5.74, 6) is 1.94. The van der Waals surface area contributed by atoms with Crippen molar-refractivity contribution in [3.8, 4) is 0 Å². The molecule has 0 amide bonds. The van der Waals surface area contributed by atoms with E-state index >= 15 is 0 Å². The van der Waals surface area contributed by atoms with E-state index in [1.54, 1.807) is 37.2 Å². The molecule has 4 heterocycles. The van der Waals surface area contributed by atoms with Gasteiger partial charge in [0.05, 0.1) is 11.0 Å². The van der Waals surface area contributed by atoms with Gasteiger partial charge in [0.15, 0.2) is 0 Å². The van der Waals surface area contributed by atoms with Crippen LogP contribution in [0.15, 0.2) is 97.8 Å². The highest BCUT2D eigenvalue weighted by atomic mass is 14.9. The second-order valence-electron chi connectivity index (χ2n) is 5.56. The molecule has 0 unspecified atom stereocenters. The first kappa shape index (κ1) is 28.2. The molecule has 170 valence electrons. The molecule has 0 saturated heterocycles. The molecule has 0 aliphatic carbocycles. The van der Waals surface area contributed by atoms with E-state index in [4.69, 9.17) is 0 Å². The lowest BCUT2D eigenvalue weighted by Crippen LogP contribution is -1.68. The summed E-state index contributed by atoms with van der Waals surface area (Å²) in [7, 11) is 0. The number of rotatable bonds is 0. The van der Waals surface area contributed by atoms with Gasteiger partial charge in [0.2, 0.25) is 0 Å². The lowest BCUT2D eigenvalue weighted by molar-refractivity contribution is 1.15. The van der Waals surface area contributed by atoms with E-state index in [0.717, 1.165) is 22.7 Å². The second-order valence-corrected chi connectivity index (χ2v) is 5.56. The Labute approximate surface area is 192 Å². The molecule has 2 N–H and O–H groups in total. The highest BCUT2D eigenvalue weighted by Gasteiger charge is 1.94. The third-order valence-electron chi connectivity index (χ3n) is 3.28. The summed E-state index contributed by atoms with van der Waals surface area (Å²) in [4.78, 5) is 21.7. The highest BCUT2D eigenvalue weighted by molar-refractivity contribution is 5.74. The summed E-state index contributed by atoms with van der Waals surface area (Å²) < 4.78 is 0. The number of nitrogens with zero attached hydrogens (tertiary/aromatic N) is 4. The van der Waals surface area contributed by atoms with Crippen molar-refractivity contribution in [2.24, 2.45) is 0 Å². The fourth-order valence-corrected chi connectivity index (χ4v) is 2.05. The number of aryl methyl sites for hydroxylation is 2. The molecule has 0 aliphatic heterocycles. The first-order valence-corrected chi connectivity index (χ1v) is 10.8. The van der Waals surface area contributed by atoms with Crippen molar-refractivity contribution in [1.82, 2.24) is 29.9 Å². The van der Waals surface area contributed by atoms with Gasteiger partial charge in [-0.05, 0) is 50.2 Å². The van der Waals surface area contributed by atoms with Crippen LogP contribution in [0.4, 0.5) is 0 Å². The maximum Gasteiger partial charge on any atom is 0.104 e. The average Bonchev–Trinajstić information content (AvgIpc) is 3.52. The maximum absolute atomic E-state index is 4.26. The van der Waals surface area contributed by atoms with Gasteiger partial charge >= 0.3 is 0 Å². The molecule has 1 aromatic carbocycles. The van der Waals surface area contributed by atoms with Crippen LogP contribution in [0.2, 0.25) is 0 Å². The van der Waals surface area contributed by atoms with Gasteiger partial charge in [0.25, 0.3) is 0 Å². The van der Waals surface area contributed by atoms with Crippen molar-refractivity contribution in [2.75, 3.05) is 0 Å². The Balaban J connectivity index is 0.000000390. The van der Waals surface area contributed by atoms with Crippen molar-refractivity contribution in [1.29, 1.82) is 0 Å². The van der Waals surface area contributed by atoms with Crippen LogP contribution >= 0.6 is 0 Å². The molecule has 5 aromatic rings. The highest BCUT2D eigenvalue weighted by Crippen LogP contribution is 2.08. The summed E-state index contributed by atoms with van der Waals surface area (Å²) >= 11 is 0. The van der Waals surface area contributed by atoms with Gasteiger partial charge in [-0.2, -0.15) is 0 Å². The van der Waals surface area contributed by atoms with Gasteiger partial charge in [0, 0.05) is 37.2 Å². The van der Waals surface area contributed by atoms with Gasteiger partial charge in [-0.3, -0.25) is 9.97 Å². The van der Waals surface area contributed by atoms with E-state index in [9.17, 15) is 0 Å². The number of hydrogen-bond donors (Lipinski definition) is 2. The third-order valence-corrected chi connectivity index (χ3v) is 3.28. The van der Waals surface area contributed by atoms with Crippen LogP contribution in [0.5, 0.6) is 0 Å². The Morgan fingerprint density at radius 1 is 0.594 bits per heavy atom. The van der Waals surface area contributed by atoms with Gasteiger partial charge in [-0.25, -0.2) is 9.97 Å². The van der Waals surface area contributed by atoms with Gasteiger partial charge in [0.1, 0.15) is 11.6 Å². The minimum atomic E-state index is 0.968. The zero-order valence-electron chi connectivity index (χ0n) is 20.0. The molecule has 0 bridgehead atoms. The zero-order valence-corrected chi connectivity index (χ0v) is 20.0. The molecule has 6 heteroatoms. The number of para-hydroxylation sites is 2. The Bertz CT molecular complexity index is 863. The molecule has 0 aliphatic rings. The number of pyridine rings is 2. The number of H-pyrrole nitrogens is 2. The minimum Gasteiger partial charge on any atom is -0.349 e. The van der Waals surface area contributed by atoms with Crippen LogP contribution in [0, 0.1) is 13.8 Å². The number of aromatic amines is 2. The SMILES string of the molecule is CC.CC.Cc1nc2ccccc2[nH]1.Cc1ncc[nH]1.c1ccncc1.c1ccncc1. The van der Waals surface area contributed by atoms with E-state index in [1.807, 2.05) is 102 Å². The van der Waals surface area contributed by atoms with E-state index in [0.29, 0.717) is 0 Å². The monoisotopic (exact) mass is 432 g/mol. The normalized spacial score (nSPS) is 8.31. The fraction of sp³-hybridized carbons (Fsp3) is 0.231. The number of aromatic nitrogens is 6. The number of imidazole rings is 2. The standard InChI is InChI=1S/C8H8N2.2C5H5N.C4H6N2.2C2H6/c1-6-9-7-4-2-3-5-8(7)10-6;2*1-2-4-6-5-3-1;1-4-5-2-3-6-4;2*1-2/h2-5H,1H3,(H,9,10);2*1-5H;2-3H,1H3,(H,5,6);2*1-2H3. The Hall–Kier alpha value is -3.80. The molecule has 4 aromatic heterocycles. The Morgan fingerprint density at radius 3 is 1.44 bits per heavy atom. The summed E-state index contributed by atoms with van der Waals surface area (Å²) in [5, 5.41) is 0. The molecule has 0 radical (unpaired) electrons. The lowest BCUT2D eigenvalue weighted by Gasteiger charge is -1.81. The quantitative estimate of drug-likeness (QED) is 0.282. The average molecular weight is 433 g/mol. The first-order valence-electron chi connectivity index (χ1n) is 10.8. The van der Waals surface area contributed by atoms with Crippen LogP contribution in [-0.4, -0.2) is 29.9 Å². The molecule has 0 fully saturated rings. The number of fused-ring (bicyclic) bond motifs is 1. The van der Waals surface area contributed by atoms with Crippen molar-refractivity contribution < 1.29 is 0 Å². The number of hydrogen-bond acceptors (Lipinski definition) is 4. The van der Waals surface area contributed by atoms with Crippen LogP contribution in [0.3, 0.4) is 0 Å². The largest absolute Gasteiger partial charge is 0.349 e. The van der Waals surface area contributed by atoms with Crippen molar-refractivity contribution in [2.45, 2.75) is 41.5 Å². The van der Waals surface area contributed by atoms with Gasteiger partial charge in [-0.1, -0.05) is 52.0 Å². The Kier molecular flexibility index (Phi) is 18.0. The van der Waals surface area contributed by atoms with Crippen LogP contribution in [-0.2, 0) is 0 Å². The van der Waals surface area contributed by atoms with E-state index < -0.39 is 0 Å². The van der Waals surface area contributed by atoms with Crippen LogP contribution in [0.25, 0.3) is 11.0 Å². The van der Waals surface area contributed by atoms with Crippen LogP contribution < -0.4 is 0 Å². The molecule has 0 atom stereocenters. The number of benzene rings is 1. The minimum absolute atomic E-state index is 0.968. The third kappa shape index (κ3) is 14.2. The van der Waals surface area contributed by atoms with E-state index in [2.05, 4.69) is 29.9 Å². The molecule has 0 spiro atoms. The predicted octanol–water partition coefficient (Wildman–Crippen LogP) is 6.81. The van der Waals surface area contributed by atoms with Crippen molar-refractivity contribution in [3.63, 3.8) is 0 Å². The lowest BCUT2D eigenvalue weighted by atomic mass is 10.3. The van der Waals surface area contributed by atoms with Gasteiger partial charge < -0.3 is 9.97 Å². The Morgan fingerprint density at radius 2 is 1.12 bits per heavy atom. The van der Waals surface area contributed by atoms with Gasteiger partial charge in [-0.15, -0.1) is 0 Å². The van der Waals surface area contributed by atoms with E-state index in [1.165, 1.54) is 0 Å². The maximum atomic E-state index is 4.26. The number of nitrogens with one attached hydrogen (secondary N) is 2. The van der Waals surface area contributed by atoms with Crippen molar-refractivity contribution >= 4 is 11.0 Å². The zero-order chi connectivity index (χ0) is 23.9. The van der Waals surface area contributed by atoms with E-state index in [-0.39, 0.29) is 0 Å². The molecule has 5 rings (SSSR count). The fourth-order valence-electron chi connectivity index (χ4n) is 2.05. The molecular formula is C26H36N6. The summed E-state index contributed by atoms with van der Waals surface area (Å²) in [6.45, 7) is 11.9. The second kappa shape index (κ2) is 20.5. The molecule has 6 nitrogen and oxygen atoms in total. The topological polar surface area (TPSA) is 83.1 Å². The molecule has 32 heavy (non-hydrogen) atoms. The summed E-state index contributed by atoms with van der Waals surface area (Å²) in [5.41, 5.74) is 2.15. The molecular weight excluding hydrogens is 396 g/mol. The molecule has 0 saturated carbocycles. The summed E-state index contributed by atoms with van der Waals surface area (Å²) in [6, 6.07) is 19.4. The predicted molar refractivity (Wildman–Crippen MR) is 135 cm³/mol. The smallest absolute Gasteiger partial charge is 0.104 e. The summed E-state index contributed by atoms with van der Waals surface area (Å²) in [6.07, 6.45) is 10.5. The van der Waals surface area contributed by atoms with Crippen LogP contribution in [0.1, 0.15) is 39.3 Å². The first-order chi connectivity index (χ1) is 15.8. The van der Waals surface area contributed by atoms with Crippen molar-refractivity contribution in [3.05, 3.63) is 109 Å².